The van der Waals surface area contributed by atoms with E-state index in [1.165, 1.54) is 12.1 Å². The Bertz CT molecular complexity index is 1900. The summed E-state index contributed by atoms with van der Waals surface area (Å²) in [4.78, 5) is 4.53. The topological polar surface area (TPSA) is 86.1 Å². The van der Waals surface area contributed by atoms with Crippen molar-refractivity contribution in [3.8, 4) is 5.88 Å². The second kappa shape index (κ2) is 10.2. The number of allylic oxidation sites excluding steroid dienone is 1. The molecule has 0 radical (unpaired) electrons. The van der Waals surface area contributed by atoms with Gasteiger partial charge in [-0.2, -0.15) is 5.10 Å². The second-order valence-electron chi connectivity index (χ2n) is 9.81. The minimum absolute atomic E-state index is 0.279. The zero-order valence-electron chi connectivity index (χ0n) is 22.1. The van der Waals surface area contributed by atoms with Crippen molar-refractivity contribution in [2.75, 3.05) is 11.0 Å². The van der Waals surface area contributed by atoms with Gasteiger partial charge < -0.3 is 4.74 Å². The molecule has 0 spiro atoms. The zero-order valence-corrected chi connectivity index (χ0v) is 22.9. The number of rotatable bonds is 6. The van der Waals surface area contributed by atoms with E-state index in [2.05, 4.69) is 33.9 Å². The van der Waals surface area contributed by atoms with E-state index in [1.807, 2.05) is 47.3 Å². The summed E-state index contributed by atoms with van der Waals surface area (Å²) in [6.07, 6.45) is 5.36. The zero-order chi connectivity index (χ0) is 27.9. The van der Waals surface area contributed by atoms with Crippen molar-refractivity contribution in [3.05, 3.63) is 119 Å². The van der Waals surface area contributed by atoms with Gasteiger partial charge in [0.1, 0.15) is 12.4 Å². The van der Waals surface area contributed by atoms with Gasteiger partial charge in [-0.15, -0.1) is 0 Å². The molecule has 5 aromatic rings. The maximum atomic E-state index is 13.8. The summed E-state index contributed by atoms with van der Waals surface area (Å²) in [6.45, 7) is 2.83. The van der Waals surface area contributed by atoms with Gasteiger partial charge in [0, 0.05) is 22.8 Å². The fourth-order valence-electron chi connectivity index (χ4n) is 5.28. The lowest BCUT2D eigenvalue weighted by Gasteiger charge is -2.18. The van der Waals surface area contributed by atoms with Crippen molar-refractivity contribution in [3.63, 3.8) is 0 Å². The van der Waals surface area contributed by atoms with E-state index < -0.39 is 10.0 Å². The van der Waals surface area contributed by atoms with Crippen molar-refractivity contribution in [2.24, 2.45) is 0 Å². The van der Waals surface area contributed by atoms with Gasteiger partial charge in [-0.3, -0.25) is 9.40 Å². The van der Waals surface area contributed by atoms with Crippen LogP contribution in [0.5, 0.6) is 5.88 Å². The standard InChI is InChI=1S/C31H27FN4O3S/c1-3-26(21-8-5-10-25(14-21)35-40(2,37)38)30-27-11-6-12-33-31(27)39-19-23-16-29-22(15-28(23)30)17-34-36(29)18-20-7-4-9-24(32)13-20/h4-17,35H,3,18-19H2,1-2H3/b30-26+. The third-order valence-electron chi connectivity index (χ3n) is 6.93. The first-order valence-electron chi connectivity index (χ1n) is 12.9. The fraction of sp³-hybridized carbons (Fsp3) is 0.161. The van der Waals surface area contributed by atoms with Crippen LogP contribution in [0.15, 0.2) is 85.2 Å². The number of nitrogens with one attached hydrogen (secondary N) is 1. The summed E-state index contributed by atoms with van der Waals surface area (Å²) in [5, 5.41) is 5.56. The number of anilines is 1. The summed E-state index contributed by atoms with van der Waals surface area (Å²) < 4.78 is 48.3. The molecule has 3 heterocycles. The predicted molar refractivity (Wildman–Crippen MR) is 155 cm³/mol. The number of sulfonamides is 1. The number of hydrogen-bond acceptors (Lipinski definition) is 5. The van der Waals surface area contributed by atoms with Crippen molar-refractivity contribution in [1.82, 2.24) is 14.8 Å². The third kappa shape index (κ3) is 5.08. The molecule has 0 unspecified atom stereocenters. The van der Waals surface area contributed by atoms with Crippen LogP contribution in [0.2, 0.25) is 0 Å². The molecule has 202 valence electrons. The molecule has 1 N–H and O–H groups in total. The maximum absolute atomic E-state index is 13.8. The normalized spacial score (nSPS) is 14.2. The summed E-state index contributed by atoms with van der Waals surface area (Å²) in [5.41, 5.74) is 7.99. The number of halogens is 1. The van der Waals surface area contributed by atoms with E-state index in [4.69, 9.17) is 4.74 Å². The van der Waals surface area contributed by atoms with Crippen molar-refractivity contribution in [2.45, 2.75) is 26.5 Å². The smallest absolute Gasteiger partial charge is 0.229 e. The number of aromatic nitrogens is 3. The number of fused-ring (bicyclic) bond motifs is 3. The van der Waals surface area contributed by atoms with E-state index >= 15 is 0 Å². The number of benzene rings is 3. The van der Waals surface area contributed by atoms with Crippen LogP contribution in [0.3, 0.4) is 0 Å². The molecule has 1 aliphatic heterocycles. The Kier molecular flexibility index (Phi) is 6.59. The Balaban J connectivity index is 1.54. The minimum Gasteiger partial charge on any atom is -0.472 e. The maximum Gasteiger partial charge on any atom is 0.229 e. The number of pyridine rings is 1. The molecular formula is C31H27FN4O3S. The average molecular weight is 555 g/mol. The van der Waals surface area contributed by atoms with E-state index in [-0.39, 0.29) is 5.82 Å². The monoisotopic (exact) mass is 554 g/mol. The first-order chi connectivity index (χ1) is 19.3. The number of ether oxygens (including phenoxy) is 1. The summed E-state index contributed by atoms with van der Waals surface area (Å²) in [5.74, 6) is 0.259. The summed E-state index contributed by atoms with van der Waals surface area (Å²) >= 11 is 0. The molecule has 3 aromatic carbocycles. The molecule has 1 aliphatic rings. The van der Waals surface area contributed by atoms with Gasteiger partial charge in [-0.05, 0) is 88.4 Å². The highest BCUT2D eigenvalue weighted by atomic mass is 32.2. The average Bonchev–Trinajstić information content (AvgIpc) is 3.22. The van der Waals surface area contributed by atoms with Gasteiger partial charge in [0.2, 0.25) is 15.9 Å². The summed E-state index contributed by atoms with van der Waals surface area (Å²) in [7, 11) is -3.43. The SMILES string of the molecule is CC/C(=C1\c2cc3cnn(Cc4cccc(F)c4)c3cc2COc2ncccc21)c1cccc(NS(C)(=O)=O)c1. The van der Waals surface area contributed by atoms with Crippen LogP contribution < -0.4 is 9.46 Å². The lowest BCUT2D eigenvalue weighted by molar-refractivity contribution is 0.295. The Morgan fingerprint density at radius 2 is 1.90 bits per heavy atom. The fourth-order valence-corrected chi connectivity index (χ4v) is 5.83. The predicted octanol–water partition coefficient (Wildman–Crippen LogP) is 6.25. The van der Waals surface area contributed by atoms with Gasteiger partial charge >= 0.3 is 0 Å². The van der Waals surface area contributed by atoms with Crippen LogP contribution in [0.4, 0.5) is 10.1 Å². The van der Waals surface area contributed by atoms with E-state index in [0.29, 0.717) is 31.1 Å². The largest absolute Gasteiger partial charge is 0.472 e. The van der Waals surface area contributed by atoms with Crippen LogP contribution in [0, 0.1) is 5.82 Å². The lowest BCUT2D eigenvalue weighted by Crippen LogP contribution is -2.09. The highest BCUT2D eigenvalue weighted by Crippen LogP contribution is 2.42. The molecule has 0 fully saturated rings. The second-order valence-corrected chi connectivity index (χ2v) is 11.6. The Labute approximate surface area is 232 Å². The molecule has 0 amide bonds. The Morgan fingerprint density at radius 3 is 2.70 bits per heavy atom. The molecule has 7 nitrogen and oxygen atoms in total. The minimum atomic E-state index is -3.43. The quantitative estimate of drug-likeness (QED) is 0.268. The third-order valence-corrected chi connectivity index (χ3v) is 7.54. The van der Waals surface area contributed by atoms with Gasteiger partial charge in [-0.25, -0.2) is 17.8 Å². The molecule has 9 heteroatoms. The van der Waals surface area contributed by atoms with E-state index in [9.17, 15) is 12.8 Å². The van der Waals surface area contributed by atoms with Crippen molar-refractivity contribution < 1.29 is 17.5 Å². The van der Waals surface area contributed by atoms with Crippen LogP contribution in [0.1, 0.15) is 41.2 Å². The summed E-state index contributed by atoms with van der Waals surface area (Å²) in [6, 6.07) is 22.0. The molecule has 0 bridgehead atoms. The highest BCUT2D eigenvalue weighted by molar-refractivity contribution is 7.92. The highest BCUT2D eigenvalue weighted by Gasteiger charge is 2.25. The molecule has 0 atom stereocenters. The Morgan fingerprint density at radius 1 is 1.05 bits per heavy atom. The first-order valence-corrected chi connectivity index (χ1v) is 14.8. The van der Waals surface area contributed by atoms with Crippen LogP contribution >= 0.6 is 0 Å². The molecule has 6 rings (SSSR count). The molecular weight excluding hydrogens is 527 g/mol. The van der Waals surface area contributed by atoms with Crippen molar-refractivity contribution >= 4 is 37.8 Å². The van der Waals surface area contributed by atoms with Gasteiger partial charge in [0.15, 0.2) is 0 Å². The number of nitrogens with zero attached hydrogens (tertiary/aromatic N) is 3. The van der Waals surface area contributed by atoms with Crippen LogP contribution in [-0.2, 0) is 23.2 Å². The molecule has 0 saturated carbocycles. The molecule has 0 aliphatic carbocycles. The Hall–Kier alpha value is -4.50. The van der Waals surface area contributed by atoms with Gasteiger partial charge in [0.05, 0.1) is 24.5 Å². The van der Waals surface area contributed by atoms with Crippen LogP contribution in [-0.4, -0.2) is 29.4 Å². The lowest BCUT2D eigenvalue weighted by atomic mass is 9.86. The van der Waals surface area contributed by atoms with Crippen LogP contribution in [0.25, 0.3) is 22.0 Å². The van der Waals surface area contributed by atoms with E-state index in [0.717, 1.165) is 56.1 Å². The molecule has 40 heavy (non-hydrogen) atoms. The molecule has 2 aromatic heterocycles. The first kappa shape index (κ1) is 25.8. The van der Waals surface area contributed by atoms with E-state index in [1.54, 1.807) is 18.3 Å². The molecule has 0 saturated heterocycles. The van der Waals surface area contributed by atoms with Crippen molar-refractivity contribution in [1.29, 1.82) is 0 Å². The van der Waals surface area contributed by atoms with Gasteiger partial charge in [-0.1, -0.05) is 31.2 Å². The van der Waals surface area contributed by atoms with Gasteiger partial charge in [0.25, 0.3) is 0 Å². The number of hydrogen-bond donors (Lipinski definition) is 1.